The minimum absolute atomic E-state index is 0.0231. The fourth-order valence-electron chi connectivity index (χ4n) is 3.68. The number of benzene rings is 1. The summed E-state index contributed by atoms with van der Waals surface area (Å²) in [4.78, 5) is 15.5. The molecule has 2 aliphatic rings. The first-order valence-electron chi connectivity index (χ1n) is 9.00. The number of rotatable bonds is 3. The van der Waals surface area contributed by atoms with Crippen LogP contribution in [0, 0.1) is 0 Å². The third kappa shape index (κ3) is 3.31. The Bertz CT molecular complexity index is 901. The van der Waals surface area contributed by atoms with Crippen LogP contribution in [-0.4, -0.2) is 43.2 Å². The second-order valence-corrected chi connectivity index (χ2v) is 9.73. The van der Waals surface area contributed by atoms with Gasteiger partial charge >= 0.3 is 0 Å². The van der Waals surface area contributed by atoms with Crippen LogP contribution >= 0.6 is 11.3 Å². The molecular formula is C19H22N2O3S2. The van der Waals surface area contributed by atoms with Gasteiger partial charge in [0.05, 0.1) is 9.77 Å². The van der Waals surface area contributed by atoms with Crippen LogP contribution in [0.5, 0.6) is 0 Å². The maximum atomic E-state index is 12.9. The Morgan fingerprint density at radius 1 is 1.00 bits per heavy atom. The van der Waals surface area contributed by atoms with Crippen molar-refractivity contribution in [1.29, 1.82) is 0 Å². The van der Waals surface area contributed by atoms with E-state index >= 15 is 0 Å². The number of sulfonamides is 1. The van der Waals surface area contributed by atoms with Gasteiger partial charge in [-0.15, -0.1) is 11.3 Å². The van der Waals surface area contributed by atoms with Crippen molar-refractivity contribution < 1.29 is 13.2 Å². The van der Waals surface area contributed by atoms with E-state index in [4.69, 9.17) is 0 Å². The zero-order valence-corrected chi connectivity index (χ0v) is 16.2. The lowest BCUT2D eigenvalue weighted by molar-refractivity contribution is 0.0739. The predicted octanol–water partition coefficient (Wildman–Crippen LogP) is 3.12. The fraction of sp³-hybridized carbons (Fsp3) is 0.421. The van der Waals surface area contributed by atoms with Gasteiger partial charge in [0.25, 0.3) is 5.91 Å². The van der Waals surface area contributed by atoms with Crippen molar-refractivity contribution in [2.24, 2.45) is 0 Å². The van der Waals surface area contributed by atoms with Crippen molar-refractivity contribution in [3.63, 3.8) is 0 Å². The Kier molecular flexibility index (Phi) is 4.86. The molecule has 0 aliphatic carbocycles. The van der Waals surface area contributed by atoms with Gasteiger partial charge in [-0.3, -0.25) is 4.79 Å². The maximum Gasteiger partial charge on any atom is 0.264 e. The summed E-state index contributed by atoms with van der Waals surface area (Å²) in [5.74, 6) is 0.0231. The van der Waals surface area contributed by atoms with E-state index in [1.54, 1.807) is 16.4 Å². The molecule has 0 N–H and O–H groups in total. The molecular weight excluding hydrogens is 368 g/mol. The topological polar surface area (TPSA) is 57.7 Å². The molecule has 5 nitrogen and oxygen atoms in total. The van der Waals surface area contributed by atoms with Crippen molar-refractivity contribution in [2.75, 3.05) is 19.6 Å². The average molecular weight is 391 g/mol. The lowest BCUT2D eigenvalue weighted by atomic mass is 10.00. The van der Waals surface area contributed by atoms with Gasteiger partial charge < -0.3 is 4.90 Å². The van der Waals surface area contributed by atoms with Gasteiger partial charge in [0.2, 0.25) is 10.0 Å². The smallest absolute Gasteiger partial charge is 0.264 e. The Labute approximate surface area is 158 Å². The lowest BCUT2D eigenvalue weighted by Gasteiger charge is -2.30. The number of hydrogen-bond donors (Lipinski definition) is 0. The van der Waals surface area contributed by atoms with Crippen molar-refractivity contribution in [3.8, 4) is 0 Å². The number of thiophene rings is 1. The van der Waals surface area contributed by atoms with Crippen molar-refractivity contribution >= 4 is 27.3 Å². The molecule has 0 spiro atoms. The number of hydrogen-bond acceptors (Lipinski definition) is 4. The molecule has 0 saturated carbocycles. The van der Waals surface area contributed by atoms with Crippen LogP contribution in [-0.2, 0) is 23.0 Å². The van der Waals surface area contributed by atoms with E-state index in [2.05, 4.69) is 0 Å². The van der Waals surface area contributed by atoms with Crippen molar-refractivity contribution in [3.05, 3.63) is 51.7 Å². The van der Waals surface area contributed by atoms with Crippen LogP contribution in [0.25, 0.3) is 0 Å². The summed E-state index contributed by atoms with van der Waals surface area (Å²) in [7, 11) is -3.44. The van der Waals surface area contributed by atoms with Crippen LogP contribution in [0.4, 0.5) is 0 Å². The minimum Gasteiger partial charge on any atom is -0.333 e. The maximum absolute atomic E-state index is 12.9. The SMILES string of the molecule is O=C(c1cccs1)N1CCc2ccc(S(=O)(=O)N3CCCCC3)cc2C1. The third-order valence-corrected chi connectivity index (χ3v) is 7.91. The summed E-state index contributed by atoms with van der Waals surface area (Å²) in [5.41, 5.74) is 2.08. The van der Waals surface area contributed by atoms with Gasteiger partial charge in [-0.2, -0.15) is 4.31 Å². The summed E-state index contributed by atoms with van der Waals surface area (Å²) in [6.45, 7) is 2.34. The first-order valence-corrected chi connectivity index (χ1v) is 11.3. The number of nitrogens with zero attached hydrogens (tertiary/aromatic N) is 2. The van der Waals surface area contributed by atoms with Gasteiger partial charge in [-0.25, -0.2) is 8.42 Å². The van der Waals surface area contributed by atoms with Crippen LogP contribution in [0.1, 0.15) is 40.1 Å². The number of piperidine rings is 1. The van der Waals surface area contributed by atoms with Crippen LogP contribution in [0.3, 0.4) is 0 Å². The lowest BCUT2D eigenvalue weighted by Crippen LogP contribution is -2.37. The quantitative estimate of drug-likeness (QED) is 0.809. The van der Waals surface area contributed by atoms with E-state index in [0.29, 0.717) is 31.1 Å². The number of carbonyl (C=O) groups is 1. The number of carbonyl (C=O) groups excluding carboxylic acids is 1. The summed E-state index contributed by atoms with van der Waals surface area (Å²) >= 11 is 1.44. The first-order chi connectivity index (χ1) is 12.6. The van der Waals surface area contributed by atoms with Gasteiger partial charge in [0, 0.05) is 26.2 Å². The first kappa shape index (κ1) is 17.7. The number of amides is 1. The molecule has 0 bridgehead atoms. The molecule has 1 fully saturated rings. The molecule has 2 aliphatic heterocycles. The van der Waals surface area contributed by atoms with E-state index in [1.807, 2.05) is 28.5 Å². The minimum atomic E-state index is -3.44. The normalized spacial score (nSPS) is 18.5. The average Bonchev–Trinajstić information content (AvgIpc) is 3.22. The van der Waals surface area contributed by atoms with Crippen LogP contribution < -0.4 is 0 Å². The van der Waals surface area contributed by atoms with E-state index in [0.717, 1.165) is 41.7 Å². The molecule has 4 rings (SSSR count). The van der Waals surface area contributed by atoms with Crippen LogP contribution in [0.15, 0.2) is 40.6 Å². The van der Waals surface area contributed by atoms with Gasteiger partial charge in [-0.05, 0) is 54.0 Å². The third-order valence-electron chi connectivity index (χ3n) is 5.16. The molecule has 138 valence electrons. The highest BCUT2D eigenvalue weighted by atomic mass is 32.2. The Morgan fingerprint density at radius 2 is 1.81 bits per heavy atom. The molecule has 7 heteroatoms. The van der Waals surface area contributed by atoms with Crippen LogP contribution in [0.2, 0.25) is 0 Å². The molecule has 26 heavy (non-hydrogen) atoms. The van der Waals surface area contributed by atoms with E-state index in [9.17, 15) is 13.2 Å². The zero-order chi connectivity index (χ0) is 18.1. The Hall–Kier alpha value is -1.70. The van der Waals surface area contributed by atoms with Crippen molar-refractivity contribution in [1.82, 2.24) is 9.21 Å². The second-order valence-electron chi connectivity index (χ2n) is 6.85. The predicted molar refractivity (Wildman–Crippen MR) is 102 cm³/mol. The van der Waals surface area contributed by atoms with E-state index in [1.165, 1.54) is 11.3 Å². The molecule has 0 unspecified atom stereocenters. The van der Waals surface area contributed by atoms with Crippen molar-refractivity contribution in [2.45, 2.75) is 37.1 Å². The molecule has 1 saturated heterocycles. The van der Waals surface area contributed by atoms with Gasteiger partial charge in [0.15, 0.2) is 0 Å². The van der Waals surface area contributed by atoms with E-state index in [-0.39, 0.29) is 5.91 Å². The standard InChI is InChI=1S/C19H22N2O3S2/c22-19(18-5-4-12-25-18)20-11-8-15-6-7-17(13-16(15)14-20)26(23,24)21-9-2-1-3-10-21/h4-7,12-13H,1-3,8-11,14H2. The molecule has 1 amide bonds. The van der Waals surface area contributed by atoms with E-state index < -0.39 is 10.0 Å². The molecule has 0 atom stereocenters. The monoisotopic (exact) mass is 390 g/mol. The second kappa shape index (κ2) is 7.13. The highest BCUT2D eigenvalue weighted by Gasteiger charge is 2.28. The largest absolute Gasteiger partial charge is 0.333 e. The molecule has 1 aromatic carbocycles. The number of fused-ring (bicyclic) bond motifs is 1. The Morgan fingerprint density at radius 3 is 2.54 bits per heavy atom. The summed E-state index contributed by atoms with van der Waals surface area (Å²) in [6.07, 6.45) is 3.70. The zero-order valence-electron chi connectivity index (χ0n) is 14.6. The Balaban J connectivity index is 1.59. The van der Waals surface area contributed by atoms with Gasteiger partial charge in [0.1, 0.15) is 0 Å². The molecule has 0 radical (unpaired) electrons. The highest BCUT2D eigenvalue weighted by molar-refractivity contribution is 7.89. The molecule has 2 aromatic rings. The molecule has 1 aromatic heterocycles. The highest BCUT2D eigenvalue weighted by Crippen LogP contribution is 2.27. The summed E-state index contributed by atoms with van der Waals surface area (Å²) in [5, 5.41) is 1.90. The van der Waals surface area contributed by atoms with Gasteiger partial charge in [-0.1, -0.05) is 18.6 Å². The summed E-state index contributed by atoms with van der Waals surface area (Å²) in [6, 6.07) is 9.12. The summed E-state index contributed by atoms with van der Waals surface area (Å²) < 4.78 is 27.4. The molecule has 3 heterocycles. The fourth-order valence-corrected chi connectivity index (χ4v) is 5.94.